The van der Waals surface area contributed by atoms with Crippen molar-refractivity contribution in [2.24, 2.45) is 0 Å². The summed E-state index contributed by atoms with van der Waals surface area (Å²) in [6.07, 6.45) is 1.95. The topological polar surface area (TPSA) is 87.0 Å². The minimum absolute atomic E-state index is 0.0733. The summed E-state index contributed by atoms with van der Waals surface area (Å²) in [6.45, 7) is 7.56. The molecule has 9 heteroatoms. The van der Waals surface area contributed by atoms with Crippen molar-refractivity contribution in [3.8, 4) is 0 Å². The van der Waals surface area contributed by atoms with Crippen molar-refractivity contribution in [1.82, 2.24) is 14.4 Å². The predicted molar refractivity (Wildman–Crippen MR) is 113 cm³/mol. The summed E-state index contributed by atoms with van der Waals surface area (Å²) in [7, 11) is -3.65. The maximum absolute atomic E-state index is 13.2. The number of hydrogen-bond donors (Lipinski definition) is 0. The molecule has 0 radical (unpaired) electrons. The fourth-order valence-electron chi connectivity index (χ4n) is 4.45. The molecule has 162 valence electrons. The first kappa shape index (κ1) is 21.0. The third-order valence-corrected chi connectivity index (χ3v) is 8.26. The van der Waals surface area contributed by atoms with Crippen molar-refractivity contribution in [2.75, 3.05) is 37.6 Å². The van der Waals surface area contributed by atoms with Crippen LogP contribution in [0.1, 0.15) is 30.4 Å². The Hall–Kier alpha value is -2.23. The Morgan fingerprint density at radius 3 is 2.47 bits per heavy atom. The Labute approximate surface area is 177 Å². The second-order valence-electron chi connectivity index (χ2n) is 7.99. The summed E-state index contributed by atoms with van der Waals surface area (Å²) in [4.78, 5) is 17.4. The van der Waals surface area contributed by atoms with E-state index in [1.165, 1.54) is 9.87 Å². The number of piperazine rings is 1. The highest BCUT2D eigenvalue weighted by atomic mass is 32.2. The van der Waals surface area contributed by atoms with Crippen molar-refractivity contribution >= 4 is 21.6 Å². The second kappa shape index (κ2) is 8.13. The van der Waals surface area contributed by atoms with Gasteiger partial charge in [-0.15, -0.1) is 0 Å². The zero-order valence-corrected chi connectivity index (χ0v) is 18.5. The highest BCUT2D eigenvalue weighted by molar-refractivity contribution is 7.89. The number of carbonyl (C=O) groups excluding carboxylic acids is 1. The Bertz CT molecular complexity index is 1020. The van der Waals surface area contributed by atoms with Gasteiger partial charge in [0.15, 0.2) is 5.76 Å². The number of nitrogens with zero attached hydrogens (tertiary/aromatic N) is 4. The maximum Gasteiger partial charge on any atom is 0.248 e. The van der Waals surface area contributed by atoms with Gasteiger partial charge < -0.3 is 9.42 Å². The average Bonchev–Trinajstić information content (AvgIpc) is 3.11. The van der Waals surface area contributed by atoms with E-state index in [9.17, 15) is 13.2 Å². The standard InChI is InChI=1S/C21H28N4O4S/c1-15-20(17(3)29-22-15)30(27,28)24-13-11-23(12-14-24)16(2)21(26)25-10-6-8-18-7-4-5-9-19(18)25/h4-5,7,9,16H,6,8,10-14H2,1-3H3. The van der Waals surface area contributed by atoms with Crippen LogP contribution in [0.2, 0.25) is 0 Å². The largest absolute Gasteiger partial charge is 0.360 e. The third kappa shape index (κ3) is 3.66. The maximum atomic E-state index is 13.2. The van der Waals surface area contributed by atoms with Crippen LogP contribution in [0.15, 0.2) is 33.7 Å². The van der Waals surface area contributed by atoms with Gasteiger partial charge in [0.1, 0.15) is 10.6 Å². The number of para-hydroxylation sites is 1. The van der Waals surface area contributed by atoms with Gasteiger partial charge in [0.05, 0.1) is 6.04 Å². The lowest BCUT2D eigenvalue weighted by Crippen LogP contribution is -2.56. The number of hydrogen-bond acceptors (Lipinski definition) is 6. The van der Waals surface area contributed by atoms with E-state index >= 15 is 0 Å². The molecule has 3 heterocycles. The van der Waals surface area contributed by atoms with Crippen molar-refractivity contribution in [2.45, 2.75) is 44.6 Å². The SMILES string of the molecule is Cc1noc(C)c1S(=O)(=O)N1CCN(C(C)C(=O)N2CCCc3ccccc32)CC1. The molecule has 1 unspecified atom stereocenters. The molecule has 1 aromatic heterocycles. The molecule has 0 aliphatic carbocycles. The Kier molecular flexibility index (Phi) is 5.69. The highest BCUT2D eigenvalue weighted by Crippen LogP contribution is 2.28. The minimum Gasteiger partial charge on any atom is -0.360 e. The number of rotatable bonds is 4. The lowest BCUT2D eigenvalue weighted by Gasteiger charge is -2.39. The molecule has 0 saturated carbocycles. The first-order valence-electron chi connectivity index (χ1n) is 10.4. The van der Waals surface area contributed by atoms with Crippen molar-refractivity contribution in [3.05, 3.63) is 41.3 Å². The average molecular weight is 433 g/mol. The number of amides is 1. The quantitative estimate of drug-likeness (QED) is 0.734. The van der Waals surface area contributed by atoms with E-state index in [2.05, 4.69) is 16.1 Å². The summed E-state index contributed by atoms with van der Waals surface area (Å²) < 4.78 is 32.5. The van der Waals surface area contributed by atoms with Gasteiger partial charge in [-0.3, -0.25) is 9.69 Å². The van der Waals surface area contributed by atoms with E-state index in [0.29, 0.717) is 37.6 Å². The third-order valence-electron chi connectivity index (χ3n) is 6.12. The van der Waals surface area contributed by atoms with E-state index in [1.54, 1.807) is 13.8 Å². The van der Waals surface area contributed by atoms with Crippen molar-refractivity contribution in [1.29, 1.82) is 0 Å². The Morgan fingerprint density at radius 1 is 1.10 bits per heavy atom. The van der Waals surface area contributed by atoms with E-state index in [-0.39, 0.29) is 16.8 Å². The molecule has 2 aromatic rings. The van der Waals surface area contributed by atoms with E-state index in [4.69, 9.17) is 4.52 Å². The van der Waals surface area contributed by atoms with Gasteiger partial charge in [0.2, 0.25) is 15.9 Å². The molecule has 2 aliphatic rings. The fraction of sp³-hybridized carbons (Fsp3) is 0.524. The van der Waals surface area contributed by atoms with E-state index in [0.717, 1.165) is 25.1 Å². The van der Waals surface area contributed by atoms with Gasteiger partial charge in [-0.25, -0.2) is 8.42 Å². The molecule has 1 atom stereocenters. The van der Waals surface area contributed by atoms with Crippen LogP contribution in [-0.2, 0) is 21.2 Å². The van der Waals surface area contributed by atoms with Crippen LogP contribution in [0, 0.1) is 13.8 Å². The molecule has 0 spiro atoms. The van der Waals surface area contributed by atoms with Crippen LogP contribution in [0.3, 0.4) is 0 Å². The van der Waals surface area contributed by atoms with Gasteiger partial charge in [-0.05, 0) is 45.2 Å². The summed E-state index contributed by atoms with van der Waals surface area (Å²) in [5, 5.41) is 3.77. The molecule has 4 rings (SSSR count). The van der Waals surface area contributed by atoms with Gasteiger partial charge in [-0.2, -0.15) is 4.31 Å². The summed E-state index contributed by atoms with van der Waals surface area (Å²) in [5.74, 6) is 0.381. The molecule has 30 heavy (non-hydrogen) atoms. The molecule has 8 nitrogen and oxygen atoms in total. The van der Waals surface area contributed by atoms with Crippen LogP contribution in [-0.4, -0.2) is 67.5 Å². The molecule has 0 bridgehead atoms. The number of carbonyl (C=O) groups is 1. The molecule has 0 N–H and O–H groups in total. The number of aromatic nitrogens is 1. The number of anilines is 1. The van der Waals surface area contributed by atoms with Crippen LogP contribution in [0.25, 0.3) is 0 Å². The summed E-state index contributed by atoms with van der Waals surface area (Å²) in [5.41, 5.74) is 2.59. The van der Waals surface area contributed by atoms with Gasteiger partial charge >= 0.3 is 0 Å². The minimum atomic E-state index is -3.65. The molecule has 1 aromatic carbocycles. The fourth-order valence-corrected chi connectivity index (χ4v) is 6.16. The molecule has 1 saturated heterocycles. The second-order valence-corrected chi connectivity index (χ2v) is 9.87. The van der Waals surface area contributed by atoms with Gasteiger partial charge in [0, 0.05) is 38.4 Å². The Morgan fingerprint density at radius 2 is 1.80 bits per heavy atom. The summed E-state index contributed by atoms with van der Waals surface area (Å²) >= 11 is 0. The van der Waals surface area contributed by atoms with Crippen molar-refractivity contribution in [3.63, 3.8) is 0 Å². The molecule has 2 aliphatic heterocycles. The monoisotopic (exact) mass is 432 g/mol. The lowest BCUT2D eigenvalue weighted by atomic mass is 10.0. The normalized spacial score (nSPS) is 19.5. The molecular formula is C21H28N4O4S. The van der Waals surface area contributed by atoms with Gasteiger partial charge in [0.25, 0.3) is 0 Å². The van der Waals surface area contributed by atoms with Crippen LogP contribution in [0.4, 0.5) is 5.69 Å². The van der Waals surface area contributed by atoms with Crippen molar-refractivity contribution < 1.29 is 17.7 Å². The molecule has 1 fully saturated rings. The van der Waals surface area contributed by atoms with E-state index < -0.39 is 10.0 Å². The number of fused-ring (bicyclic) bond motifs is 1. The Balaban J connectivity index is 1.44. The molecule has 1 amide bonds. The lowest BCUT2D eigenvalue weighted by molar-refractivity contribution is -0.123. The zero-order chi connectivity index (χ0) is 21.5. The van der Waals surface area contributed by atoms with Crippen LogP contribution < -0.4 is 4.90 Å². The number of benzene rings is 1. The highest BCUT2D eigenvalue weighted by Gasteiger charge is 2.36. The molecular weight excluding hydrogens is 404 g/mol. The first-order chi connectivity index (χ1) is 14.3. The predicted octanol–water partition coefficient (Wildman–Crippen LogP) is 1.97. The van der Waals surface area contributed by atoms with E-state index in [1.807, 2.05) is 30.0 Å². The van der Waals surface area contributed by atoms with Crippen LogP contribution >= 0.6 is 0 Å². The number of aryl methyl sites for hydroxylation is 3. The van der Waals surface area contributed by atoms with Crippen LogP contribution in [0.5, 0.6) is 0 Å². The first-order valence-corrected chi connectivity index (χ1v) is 11.8. The zero-order valence-electron chi connectivity index (χ0n) is 17.7. The van der Waals surface area contributed by atoms with Gasteiger partial charge in [-0.1, -0.05) is 23.4 Å². The smallest absolute Gasteiger partial charge is 0.248 e. The summed E-state index contributed by atoms with van der Waals surface area (Å²) in [6, 6.07) is 7.76. The number of sulfonamides is 1.